The Bertz CT molecular complexity index is 271. The van der Waals surface area contributed by atoms with Crippen LogP contribution in [0.1, 0.15) is 31.0 Å². The summed E-state index contributed by atoms with van der Waals surface area (Å²) in [4.78, 5) is 0. The molecule has 0 aromatic heterocycles. The maximum atomic E-state index is 5.55. The summed E-state index contributed by atoms with van der Waals surface area (Å²) in [5.74, 6) is 7.71. The third kappa shape index (κ3) is 3.86. The minimum absolute atomic E-state index is 0.265. The molecule has 0 heterocycles. The van der Waals surface area contributed by atoms with E-state index in [9.17, 15) is 0 Å². The second kappa shape index (κ2) is 6.88. The van der Waals surface area contributed by atoms with Gasteiger partial charge in [-0.25, -0.2) is 0 Å². The lowest BCUT2D eigenvalue weighted by atomic mass is 10.1. The van der Waals surface area contributed by atoms with Crippen LogP contribution in [0.25, 0.3) is 0 Å². The molecule has 0 saturated heterocycles. The van der Waals surface area contributed by atoms with Gasteiger partial charge in [0.25, 0.3) is 0 Å². The monoisotopic (exact) mass is 224 g/mol. The number of hydrogen-bond acceptors (Lipinski definition) is 3. The molecule has 1 atom stereocenters. The average Bonchev–Trinajstić information content (AvgIpc) is 2.31. The zero-order valence-corrected chi connectivity index (χ0v) is 10.3. The topological polar surface area (TPSA) is 38.0 Å². The Hall–Kier alpha value is -0.510. The van der Waals surface area contributed by atoms with Crippen molar-refractivity contribution in [3.8, 4) is 0 Å². The van der Waals surface area contributed by atoms with Crippen LogP contribution < -0.4 is 11.3 Å². The van der Waals surface area contributed by atoms with Crippen LogP contribution in [0.3, 0.4) is 0 Å². The number of benzene rings is 1. The van der Waals surface area contributed by atoms with E-state index in [1.807, 2.05) is 11.8 Å². The van der Waals surface area contributed by atoms with Gasteiger partial charge >= 0.3 is 0 Å². The van der Waals surface area contributed by atoms with Gasteiger partial charge in [0.2, 0.25) is 0 Å². The zero-order valence-electron chi connectivity index (χ0n) is 9.49. The molecule has 0 bridgehead atoms. The molecule has 15 heavy (non-hydrogen) atoms. The number of nitrogens with one attached hydrogen (secondary N) is 1. The Kier molecular flexibility index (Phi) is 5.76. The maximum absolute atomic E-state index is 5.55. The van der Waals surface area contributed by atoms with Crippen molar-refractivity contribution in [1.82, 2.24) is 5.43 Å². The summed E-state index contributed by atoms with van der Waals surface area (Å²) in [6, 6.07) is 8.95. The van der Waals surface area contributed by atoms with Gasteiger partial charge in [0, 0.05) is 5.75 Å². The molecule has 0 amide bonds. The summed E-state index contributed by atoms with van der Waals surface area (Å²) in [7, 11) is 0. The van der Waals surface area contributed by atoms with Gasteiger partial charge in [-0.3, -0.25) is 11.3 Å². The number of aryl methyl sites for hydroxylation is 1. The fourth-order valence-electron chi connectivity index (χ4n) is 1.46. The highest BCUT2D eigenvalue weighted by Gasteiger charge is 2.08. The van der Waals surface area contributed by atoms with Crippen molar-refractivity contribution in [3.05, 3.63) is 35.4 Å². The zero-order chi connectivity index (χ0) is 11.1. The fourth-order valence-corrected chi connectivity index (χ4v) is 2.22. The number of hydrazine groups is 1. The van der Waals surface area contributed by atoms with E-state index in [0.29, 0.717) is 0 Å². The van der Waals surface area contributed by atoms with Crippen LogP contribution in [0.2, 0.25) is 0 Å². The quantitative estimate of drug-likeness (QED) is 0.576. The molecule has 0 fully saturated rings. The Labute approximate surface area is 96.6 Å². The molecule has 2 nitrogen and oxygen atoms in total. The molecule has 0 aliphatic rings. The minimum atomic E-state index is 0.265. The second-order valence-electron chi connectivity index (χ2n) is 3.47. The van der Waals surface area contributed by atoms with Gasteiger partial charge in [0.1, 0.15) is 0 Å². The van der Waals surface area contributed by atoms with E-state index in [0.717, 1.165) is 17.9 Å². The highest BCUT2D eigenvalue weighted by Crippen LogP contribution is 2.18. The van der Waals surface area contributed by atoms with Crippen molar-refractivity contribution in [2.75, 3.05) is 11.5 Å². The number of rotatable bonds is 6. The molecule has 3 N–H and O–H groups in total. The van der Waals surface area contributed by atoms with Gasteiger partial charge < -0.3 is 0 Å². The molecular weight excluding hydrogens is 204 g/mol. The van der Waals surface area contributed by atoms with Crippen LogP contribution in [0.4, 0.5) is 0 Å². The van der Waals surface area contributed by atoms with Crippen molar-refractivity contribution in [2.24, 2.45) is 5.84 Å². The van der Waals surface area contributed by atoms with Gasteiger partial charge in [-0.2, -0.15) is 11.8 Å². The normalized spacial score (nSPS) is 12.7. The van der Waals surface area contributed by atoms with Crippen LogP contribution in [0.15, 0.2) is 24.3 Å². The molecule has 0 aliphatic carbocycles. The first-order valence-electron chi connectivity index (χ1n) is 5.44. The van der Waals surface area contributed by atoms with E-state index < -0.39 is 0 Å². The number of hydrogen-bond donors (Lipinski definition) is 2. The predicted octanol–water partition coefficient (Wildman–Crippen LogP) is 2.51. The highest BCUT2D eigenvalue weighted by molar-refractivity contribution is 7.99. The number of thioether (sulfide) groups is 1. The van der Waals surface area contributed by atoms with Gasteiger partial charge in [-0.1, -0.05) is 38.1 Å². The molecular formula is C12H20N2S. The van der Waals surface area contributed by atoms with Crippen LogP contribution in [-0.4, -0.2) is 11.5 Å². The SMILES string of the molecule is CCSCC(NN)c1ccc(CC)cc1. The lowest BCUT2D eigenvalue weighted by molar-refractivity contribution is 0.610. The lowest BCUT2D eigenvalue weighted by Gasteiger charge is -2.15. The minimum Gasteiger partial charge on any atom is -0.271 e. The number of nitrogens with two attached hydrogens (primary N) is 1. The fraction of sp³-hybridized carbons (Fsp3) is 0.500. The van der Waals surface area contributed by atoms with Gasteiger partial charge in [-0.05, 0) is 23.3 Å². The highest BCUT2D eigenvalue weighted by atomic mass is 32.2. The Balaban J connectivity index is 2.65. The van der Waals surface area contributed by atoms with Crippen LogP contribution in [0, 0.1) is 0 Å². The second-order valence-corrected chi connectivity index (χ2v) is 4.79. The van der Waals surface area contributed by atoms with Crippen LogP contribution in [0.5, 0.6) is 0 Å². The first-order valence-corrected chi connectivity index (χ1v) is 6.60. The molecule has 3 heteroatoms. The van der Waals surface area contributed by atoms with Crippen molar-refractivity contribution in [1.29, 1.82) is 0 Å². The van der Waals surface area contributed by atoms with E-state index >= 15 is 0 Å². The van der Waals surface area contributed by atoms with E-state index in [1.165, 1.54) is 11.1 Å². The molecule has 84 valence electrons. The van der Waals surface area contributed by atoms with Crippen molar-refractivity contribution in [2.45, 2.75) is 26.3 Å². The largest absolute Gasteiger partial charge is 0.271 e. The van der Waals surface area contributed by atoms with Crippen molar-refractivity contribution in [3.63, 3.8) is 0 Å². The molecule has 1 rings (SSSR count). The summed E-state index contributed by atoms with van der Waals surface area (Å²) < 4.78 is 0. The molecule has 0 saturated carbocycles. The van der Waals surface area contributed by atoms with Gasteiger partial charge in [-0.15, -0.1) is 0 Å². The van der Waals surface area contributed by atoms with E-state index in [2.05, 4.69) is 43.5 Å². The summed E-state index contributed by atoms with van der Waals surface area (Å²) >= 11 is 1.90. The van der Waals surface area contributed by atoms with Crippen molar-refractivity contribution < 1.29 is 0 Å². The summed E-state index contributed by atoms with van der Waals surface area (Å²) in [5.41, 5.74) is 5.52. The smallest absolute Gasteiger partial charge is 0.0550 e. The van der Waals surface area contributed by atoms with Gasteiger partial charge in [0.15, 0.2) is 0 Å². The van der Waals surface area contributed by atoms with Crippen LogP contribution in [-0.2, 0) is 6.42 Å². The lowest BCUT2D eigenvalue weighted by Crippen LogP contribution is -2.29. The van der Waals surface area contributed by atoms with E-state index in [4.69, 9.17) is 5.84 Å². The third-order valence-electron chi connectivity index (χ3n) is 2.48. The predicted molar refractivity (Wildman–Crippen MR) is 68.9 cm³/mol. The standard InChI is InChI=1S/C12H20N2S/c1-3-10-5-7-11(8-6-10)12(14-13)9-15-4-2/h5-8,12,14H,3-4,9,13H2,1-2H3. The maximum Gasteiger partial charge on any atom is 0.0550 e. The first-order chi connectivity index (χ1) is 7.31. The first kappa shape index (κ1) is 12.6. The average molecular weight is 224 g/mol. The molecule has 1 aromatic rings. The Morgan fingerprint density at radius 2 is 1.93 bits per heavy atom. The Morgan fingerprint density at radius 1 is 1.27 bits per heavy atom. The third-order valence-corrected chi connectivity index (χ3v) is 3.46. The summed E-state index contributed by atoms with van der Waals surface area (Å²) in [6.45, 7) is 4.33. The van der Waals surface area contributed by atoms with Gasteiger partial charge in [0.05, 0.1) is 6.04 Å². The van der Waals surface area contributed by atoms with E-state index in [1.54, 1.807) is 0 Å². The summed E-state index contributed by atoms with van der Waals surface area (Å²) in [6.07, 6.45) is 1.09. The van der Waals surface area contributed by atoms with Crippen molar-refractivity contribution >= 4 is 11.8 Å². The Morgan fingerprint density at radius 3 is 2.40 bits per heavy atom. The molecule has 1 aromatic carbocycles. The van der Waals surface area contributed by atoms with Crippen LogP contribution >= 0.6 is 11.8 Å². The molecule has 1 unspecified atom stereocenters. The molecule has 0 spiro atoms. The van der Waals surface area contributed by atoms with E-state index in [-0.39, 0.29) is 6.04 Å². The molecule has 0 aliphatic heterocycles. The summed E-state index contributed by atoms with van der Waals surface area (Å²) in [5, 5.41) is 0. The molecule has 0 radical (unpaired) electrons.